The minimum Gasteiger partial charge on any atom is -0.356 e. The van der Waals surface area contributed by atoms with Crippen LogP contribution in [0.5, 0.6) is 0 Å². The van der Waals surface area contributed by atoms with Crippen LogP contribution < -0.4 is 10.2 Å². The molecule has 0 atom stereocenters. The molecule has 2 aromatic carbocycles. The maximum Gasteiger partial charge on any atom is 0.237 e. The molecule has 142 valence electrons. The van der Waals surface area contributed by atoms with Crippen molar-refractivity contribution in [1.29, 1.82) is 0 Å². The molecule has 0 aliphatic carbocycles. The second kappa shape index (κ2) is 8.65. The summed E-state index contributed by atoms with van der Waals surface area (Å²) < 4.78 is 0. The highest BCUT2D eigenvalue weighted by Crippen LogP contribution is 2.26. The number of hydrogen-bond acceptors (Lipinski definition) is 4. The van der Waals surface area contributed by atoms with Gasteiger partial charge in [0.15, 0.2) is 0 Å². The first-order valence-corrected chi connectivity index (χ1v) is 9.79. The Balaban J connectivity index is 1.58. The third-order valence-corrected chi connectivity index (χ3v) is 5.11. The summed E-state index contributed by atoms with van der Waals surface area (Å²) >= 11 is 0. The van der Waals surface area contributed by atoms with Crippen LogP contribution in [-0.2, 0) is 4.79 Å². The Labute approximate surface area is 165 Å². The van der Waals surface area contributed by atoms with Crippen LogP contribution in [0.25, 0.3) is 0 Å². The molecule has 0 unspecified atom stereocenters. The van der Waals surface area contributed by atoms with E-state index in [-0.39, 0.29) is 5.91 Å². The second-order valence-corrected chi connectivity index (χ2v) is 7.05. The van der Waals surface area contributed by atoms with E-state index in [1.807, 2.05) is 66.7 Å². The smallest absolute Gasteiger partial charge is 0.237 e. The topological polar surface area (TPSA) is 58.1 Å². The molecule has 0 spiro atoms. The Kier molecular flexibility index (Phi) is 5.61. The number of benzene rings is 2. The van der Waals surface area contributed by atoms with E-state index >= 15 is 0 Å². The van der Waals surface area contributed by atoms with Gasteiger partial charge in [-0.3, -0.25) is 4.79 Å². The Morgan fingerprint density at radius 3 is 2.07 bits per heavy atom. The Morgan fingerprint density at radius 2 is 1.46 bits per heavy atom. The lowest BCUT2D eigenvalue weighted by Crippen LogP contribution is -2.30. The zero-order valence-corrected chi connectivity index (χ0v) is 15.8. The molecule has 1 aliphatic rings. The number of amides is 1. The van der Waals surface area contributed by atoms with Gasteiger partial charge in [-0.2, -0.15) is 0 Å². The van der Waals surface area contributed by atoms with Crippen molar-refractivity contribution >= 4 is 17.5 Å². The minimum atomic E-state index is -0.393. The fraction of sp³-hybridized carbons (Fsp3) is 0.261. The van der Waals surface area contributed by atoms with Crippen LogP contribution in [0.4, 0.5) is 11.6 Å². The summed E-state index contributed by atoms with van der Waals surface area (Å²) in [4.78, 5) is 24.1. The number of anilines is 2. The molecule has 2 heterocycles. The van der Waals surface area contributed by atoms with Gasteiger partial charge in [0, 0.05) is 19.2 Å². The first kappa shape index (κ1) is 18.2. The van der Waals surface area contributed by atoms with Gasteiger partial charge in [0.1, 0.15) is 18.0 Å². The summed E-state index contributed by atoms with van der Waals surface area (Å²) in [6.07, 6.45) is 5.15. The summed E-state index contributed by atoms with van der Waals surface area (Å²) in [6.45, 7) is 2.00. The molecule has 1 aliphatic heterocycles. The molecule has 1 amide bonds. The third kappa shape index (κ3) is 4.19. The maximum absolute atomic E-state index is 13.2. The zero-order chi connectivity index (χ0) is 19.2. The molecule has 4 rings (SSSR count). The van der Waals surface area contributed by atoms with Crippen LogP contribution in [0.1, 0.15) is 36.3 Å². The highest BCUT2D eigenvalue weighted by Gasteiger charge is 2.23. The van der Waals surface area contributed by atoms with Crippen molar-refractivity contribution in [2.24, 2.45) is 0 Å². The predicted octanol–water partition coefficient (Wildman–Crippen LogP) is 4.24. The fourth-order valence-electron chi connectivity index (χ4n) is 3.70. The third-order valence-electron chi connectivity index (χ3n) is 5.11. The predicted molar refractivity (Wildman–Crippen MR) is 111 cm³/mol. The van der Waals surface area contributed by atoms with Gasteiger partial charge >= 0.3 is 0 Å². The molecule has 1 fully saturated rings. The summed E-state index contributed by atoms with van der Waals surface area (Å²) in [5.74, 6) is 0.926. The van der Waals surface area contributed by atoms with Crippen LogP contribution in [0.2, 0.25) is 0 Å². The Bertz CT molecular complexity index is 869. The molecule has 3 aromatic rings. The van der Waals surface area contributed by atoms with Gasteiger partial charge in [0.2, 0.25) is 5.91 Å². The van der Waals surface area contributed by atoms with Crippen molar-refractivity contribution in [1.82, 2.24) is 9.97 Å². The van der Waals surface area contributed by atoms with Gasteiger partial charge in [-0.15, -0.1) is 0 Å². The summed E-state index contributed by atoms with van der Waals surface area (Å²) in [5, 5.41) is 3.00. The fourth-order valence-corrected chi connectivity index (χ4v) is 3.70. The number of nitrogens with one attached hydrogen (secondary N) is 1. The lowest BCUT2D eigenvalue weighted by molar-refractivity contribution is -0.116. The molecule has 0 bridgehead atoms. The van der Waals surface area contributed by atoms with Gasteiger partial charge < -0.3 is 10.2 Å². The summed E-state index contributed by atoms with van der Waals surface area (Å²) in [6, 6.07) is 21.5. The molecular formula is C23H24N4O. The molecule has 1 N–H and O–H groups in total. The zero-order valence-electron chi connectivity index (χ0n) is 15.8. The van der Waals surface area contributed by atoms with Crippen molar-refractivity contribution < 1.29 is 4.79 Å². The average Bonchev–Trinajstić information content (AvgIpc) is 2.76. The lowest BCUT2D eigenvalue weighted by Gasteiger charge is -2.27. The normalized spacial score (nSPS) is 14.1. The number of nitrogens with zero attached hydrogens (tertiary/aromatic N) is 3. The summed E-state index contributed by atoms with van der Waals surface area (Å²) in [7, 11) is 0. The number of rotatable bonds is 5. The van der Waals surface area contributed by atoms with Crippen molar-refractivity contribution in [3.8, 4) is 0 Å². The monoisotopic (exact) mass is 372 g/mol. The van der Waals surface area contributed by atoms with Crippen molar-refractivity contribution in [3.05, 3.63) is 84.2 Å². The molecule has 0 radical (unpaired) electrons. The van der Waals surface area contributed by atoms with E-state index in [4.69, 9.17) is 0 Å². The quantitative estimate of drug-likeness (QED) is 0.728. The van der Waals surface area contributed by atoms with E-state index in [9.17, 15) is 4.79 Å². The Morgan fingerprint density at radius 1 is 0.857 bits per heavy atom. The van der Waals surface area contributed by atoms with E-state index in [2.05, 4.69) is 20.2 Å². The van der Waals surface area contributed by atoms with E-state index < -0.39 is 5.92 Å². The first-order chi connectivity index (χ1) is 13.8. The highest BCUT2D eigenvalue weighted by atomic mass is 16.1. The lowest BCUT2D eigenvalue weighted by atomic mass is 9.90. The van der Waals surface area contributed by atoms with E-state index in [1.165, 1.54) is 25.6 Å². The van der Waals surface area contributed by atoms with Gasteiger partial charge in [0.05, 0.1) is 5.92 Å². The SMILES string of the molecule is O=C(Nc1cc(N2CCCCC2)ncn1)C(c1ccccc1)c1ccccc1. The Hall–Kier alpha value is -3.21. The van der Waals surface area contributed by atoms with Crippen molar-refractivity contribution in [2.45, 2.75) is 25.2 Å². The molecule has 1 saturated heterocycles. The second-order valence-electron chi connectivity index (χ2n) is 7.05. The number of aromatic nitrogens is 2. The highest BCUT2D eigenvalue weighted by molar-refractivity contribution is 5.97. The number of hydrogen-bond donors (Lipinski definition) is 1. The minimum absolute atomic E-state index is 0.0966. The van der Waals surface area contributed by atoms with Crippen LogP contribution in [0, 0.1) is 0 Å². The van der Waals surface area contributed by atoms with Crippen LogP contribution in [0.3, 0.4) is 0 Å². The molecule has 0 saturated carbocycles. The van der Waals surface area contributed by atoms with Gasteiger partial charge in [-0.1, -0.05) is 60.7 Å². The van der Waals surface area contributed by atoms with Crippen LogP contribution in [-0.4, -0.2) is 29.0 Å². The van der Waals surface area contributed by atoms with Gasteiger partial charge in [0.25, 0.3) is 0 Å². The van der Waals surface area contributed by atoms with Crippen molar-refractivity contribution in [3.63, 3.8) is 0 Å². The van der Waals surface area contributed by atoms with Gasteiger partial charge in [-0.25, -0.2) is 9.97 Å². The molecule has 1 aromatic heterocycles. The molecule has 28 heavy (non-hydrogen) atoms. The number of piperidine rings is 1. The molecular weight excluding hydrogens is 348 g/mol. The average molecular weight is 372 g/mol. The maximum atomic E-state index is 13.2. The number of carbonyl (C=O) groups is 1. The first-order valence-electron chi connectivity index (χ1n) is 9.79. The van der Waals surface area contributed by atoms with Crippen LogP contribution >= 0.6 is 0 Å². The van der Waals surface area contributed by atoms with Gasteiger partial charge in [-0.05, 0) is 30.4 Å². The van der Waals surface area contributed by atoms with E-state index in [0.717, 1.165) is 30.0 Å². The van der Waals surface area contributed by atoms with Crippen LogP contribution in [0.15, 0.2) is 73.1 Å². The van der Waals surface area contributed by atoms with E-state index in [1.54, 1.807) is 0 Å². The largest absolute Gasteiger partial charge is 0.356 e. The molecule has 5 nitrogen and oxygen atoms in total. The standard InChI is InChI=1S/C23H24N4O/c28-23(22(18-10-4-1-5-11-18)19-12-6-2-7-13-19)26-20-16-21(25-17-24-20)27-14-8-3-9-15-27/h1-2,4-7,10-13,16-17,22H,3,8-9,14-15H2,(H,24,25,26,28). The summed E-state index contributed by atoms with van der Waals surface area (Å²) in [5.41, 5.74) is 1.91. The van der Waals surface area contributed by atoms with Crippen molar-refractivity contribution in [2.75, 3.05) is 23.3 Å². The molecule has 5 heteroatoms. The van der Waals surface area contributed by atoms with E-state index in [0.29, 0.717) is 5.82 Å². The number of carbonyl (C=O) groups excluding carboxylic acids is 1.